The zero-order valence-electron chi connectivity index (χ0n) is 7.83. The number of para-hydroxylation sites is 1. The minimum atomic E-state index is -0.321. The number of nitrogens with one attached hydrogen (secondary N) is 1. The fraction of sp³-hybridized carbons (Fsp3) is 0.300. The molecule has 1 aromatic rings. The van der Waals surface area contributed by atoms with Crippen LogP contribution in [0.15, 0.2) is 28.7 Å². The molecule has 1 N–H and O–H groups in total. The Bertz CT molecular complexity index is 335. The van der Waals surface area contributed by atoms with E-state index in [1.165, 1.54) is 0 Å². The second-order valence-corrected chi connectivity index (χ2v) is 3.62. The first-order valence-corrected chi connectivity index (χ1v) is 4.97. The molecular formula is C10H11BrN2O. The summed E-state index contributed by atoms with van der Waals surface area (Å²) in [5.41, 5.74) is 0.899. The van der Waals surface area contributed by atoms with Gasteiger partial charge in [0.15, 0.2) is 0 Å². The van der Waals surface area contributed by atoms with Gasteiger partial charge >= 0.3 is 0 Å². The lowest BCUT2D eigenvalue weighted by Crippen LogP contribution is -2.22. The number of halogens is 1. The quantitative estimate of drug-likeness (QED) is 0.898. The van der Waals surface area contributed by atoms with Crippen LogP contribution in [-0.2, 0) is 4.74 Å². The Morgan fingerprint density at radius 1 is 1.57 bits per heavy atom. The van der Waals surface area contributed by atoms with Crippen LogP contribution in [0.1, 0.15) is 0 Å². The van der Waals surface area contributed by atoms with E-state index < -0.39 is 0 Å². The van der Waals surface area contributed by atoms with Gasteiger partial charge in [0.1, 0.15) is 6.04 Å². The summed E-state index contributed by atoms with van der Waals surface area (Å²) in [6.07, 6.45) is 0. The van der Waals surface area contributed by atoms with Crippen LogP contribution < -0.4 is 5.32 Å². The summed E-state index contributed by atoms with van der Waals surface area (Å²) in [5.74, 6) is 0. The normalized spacial score (nSPS) is 11.8. The maximum atomic E-state index is 8.80. The highest BCUT2D eigenvalue weighted by atomic mass is 79.9. The minimum absolute atomic E-state index is 0.321. The summed E-state index contributed by atoms with van der Waals surface area (Å²) in [6, 6.07) is 9.46. The molecule has 0 bridgehead atoms. The molecule has 0 aromatic heterocycles. The van der Waals surface area contributed by atoms with Gasteiger partial charge in [0.2, 0.25) is 0 Å². The number of rotatable bonds is 4. The van der Waals surface area contributed by atoms with Gasteiger partial charge in [-0.1, -0.05) is 12.1 Å². The van der Waals surface area contributed by atoms with E-state index in [2.05, 4.69) is 27.3 Å². The van der Waals surface area contributed by atoms with Gasteiger partial charge < -0.3 is 10.1 Å². The molecular weight excluding hydrogens is 244 g/mol. The fourth-order valence-corrected chi connectivity index (χ4v) is 1.44. The van der Waals surface area contributed by atoms with Crippen molar-refractivity contribution in [1.82, 2.24) is 0 Å². The number of methoxy groups -OCH3 is 1. The maximum Gasteiger partial charge on any atom is 0.138 e. The number of anilines is 1. The second-order valence-electron chi connectivity index (χ2n) is 2.76. The largest absolute Gasteiger partial charge is 0.381 e. The zero-order chi connectivity index (χ0) is 10.4. The van der Waals surface area contributed by atoms with E-state index in [0.29, 0.717) is 6.61 Å². The number of ether oxygens (including phenoxy) is 1. The molecule has 0 spiro atoms. The predicted octanol–water partition coefficient (Wildman–Crippen LogP) is 2.40. The van der Waals surface area contributed by atoms with Crippen LogP contribution in [0.25, 0.3) is 0 Å². The molecule has 0 aliphatic carbocycles. The van der Waals surface area contributed by atoms with Crippen molar-refractivity contribution in [2.75, 3.05) is 19.0 Å². The molecule has 0 heterocycles. The first-order valence-electron chi connectivity index (χ1n) is 4.17. The fourth-order valence-electron chi connectivity index (χ4n) is 1.04. The van der Waals surface area contributed by atoms with Crippen molar-refractivity contribution >= 4 is 21.6 Å². The zero-order valence-corrected chi connectivity index (χ0v) is 9.41. The van der Waals surface area contributed by atoms with Crippen LogP contribution in [0, 0.1) is 11.3 Å². The summed E-state index contributed by atoms with van der Waals surface area (Å²) in [4.78, 5) is 0. The van der Waals surface area contributed by atoms with Gasteiger partial charge in [-0.05, 0) is 28.1 Å². The van der Waals surface area contributed by atoms with Gasteiger partial charge in [-0.2, -0.15) is 5.26 Å². The van der Waals surface area contributed by atoms with Crippen molar-refractivity contribution in [2.45, 2.75) is 6.04 Å². The molecule has 1 atom stereocenters. The lowest BCUT2D eigenvalue weighted by molar-refractivity contribution is 0.198. The van der Waals surface area contributed by atoms with E-state index in [1.54, 1.807) is 7.11 Å². The van der Waals surface area contributed by atoms with Gasteiger partial charge in [-0.25, -0.2) is 0 Å². The van der Waals surface area contributed by atoms with Crippen molar-refractivity contribution in [2.24, 2.45) is 0 Å². The first kappa shape index (κ1) is 11.0. The maximum absolute atomic E-state index is 8.80. The first-order chi connectivity index (χ1) is 6.77. The van der Waals surface area contributed by atoms with Crippen LogP contribution in [0.2, 0.25) is 0 Å². The Morgan fingerprint density at radius 2 is 2.29 bits per heavy atom. The van der Waals surface area contributed by atoms with Gasteiger partial charge in [0.25, 0.3) is 0 Å². The standard InChI is InChI=1S/C10H11BrN2O/c1-14-7-8(6-12)13-10-5-3-2-4-9(10)11/h2-5,8,13H,7H2,1H3. The third-order valence-corrected chi connectivity index (χ3v) is 2.38. The van der Waals surface area contributed by atoms with Crippen LogP contribution in [0.4, 0.5) is 5.69 Å². The summed E-state index contributed by atoms with van der Waals surface area (Å²) < 4.78 is 5.85. The summed E-state index contributed by atoms with van der Waals surface area (Å²) in [6.45, 7) is 0.373. The highest BCUT2D eigenvalue weighted by Gasteiger charge is 2.07. The molecule has 0 aliphatic heterocycles. The summed E-state index contributed by atoms with van der Waals surface area (Å²) in [7, 11) is 1.58. The average Bonchev–Trinajstić information content (AvgIpc) is 2.20. The van der Waals surface area contributed by atoms with Crippen LogP contribution in [0.5, 0.6) is 0 Å². The van der Waals surface area contributed by atoms with E-state index in [1.807, 2.05) is 24.3 Å². The molecule has 74 valence electrons. The van der Waals surface area contributed by atoms with Crippen LogP contribution in [-0.4, -0.2) is 19.8 Å². The molecule has 0 saturated carbocycles. The van der Waals surface area contributed by atoms with Gasteiger partial charge in [0, 0.05) is 17.3 Å². The van der Waals surface area contributed by atoms with Gasteiger partial charge in [-0.15, -0.1) is 0 Å². The third kappa shape index (κ3) is 3.02. The Morgan fingerprint density at radius 3 is 2.86 bits per heavy atom. The molecule has 1 aromatic carbocycles. The second kappa shape index (κ2) is 5.63. The van der Waals surface area contributed by atoms with E-state index in [-0.39, 0.29) is 6.04 Å². The van der Waals surface area contributed by atoms with Crippen molar-refractivity contribution in [1.29, 1.82) is 5.26 Å². The molecule has 4 heteroatoms. The van der Waals surface area contributed by atoms with Crippen molar-refractivity contribution in [3.8, 4) is 6.07 Å². The monoisotopic (exact) mass is 254 g/mol. The Balaban J connectivity index is 2.68. The van der Waals surface area contributed by atoms with Crippen molar-refractivity contribution in [3.63, 3.8) is 0 Å². The molecule has 3 nitrogen and oxygen atoms in total. The third-order valence-electron chi connectivity index (χ3n) is 1.69. The average molecular weight is 255 g/mol. The molecule has 0 aliphatic rings. The highest BCUT2D eigenvalue weighted by Crippen LogP contribution is 2.21. The molecule has 14 heavy (non-hydrogen) atoms. The topological polar surface area (TPSA) is 45.0 Å². The lowest BCUT2D eigenvalue weighted by atomic mass is 10.3. The Labute approximate surface area is 91.8 Å². The number of nitrogens with zero attached hydrogens (tertiary/aromatic N) is 1. The van der Waals surface area contributed by atoms with Crippen molar-refractivity contribution < 1.29 is 4.74 Å². The van der Waals surface area contributed by atoms with Gasteiger partial charge in [-0.3, -0.25) is 0 Å². The molecule has 1 rings (SSSR count). The number of hydrogen-bond acceptors (Lipinski definition) is 3. The molecule has 0 fully saturated rings. The molecule has 1 unspecified atom stereocenters. The van der Waals surface area contributed by atoms with Crippen LogP contribution in [0.3, 0.4) is 0 Å². The summed E-state index contributed by atoms with van der Waals surface area (Å²) >= 11 is 3.39. The molecule has 0 radical (unpaired) electrons. The van der Waals surface area contributed by atoms with Gasteiger partial charge in [0.05, 0.1) is 12.7 Å². The van der Waals surface area contributed by atoms with E-state index in [4.69, 9.17) is 10.00 Å². The van der Waals surface area contributed by atoms with Crippen molar-refractivity contribution in [3.05, 3.63) is 28.7 Å². The summed E-state index contributed by atoms with van der Waals surface area (Å²) in [5, 5.41) is 11.9. The number of nitriles is 1. The SMILES string of the molecule is COCC(C#N)Nc1ccccc1Br. The minimum Gasteiger partial charge on any atom is -0.381 e. The Kier molecular flexibility index (Phi) is 4.44. The Hall–Kier alpha value is -1.05. The van der Waals surface area contributed by atoms with E-state index in [9.17, 15) is 0 Å². The number of benzene rings is 1. The molecule has 0 saturated heterocycles. The number of hydrogen-bond donors (Lipinski definition) is 1. The van der Waals surface area contributed by atoms with E-state index >= 15 is 0 Å². The highest BCUT2D eigenvalue weighted by molar-refractivity contribution is 9.10. The predicted molar refractivity (Wildman–Crippen MR) is 59.0 cm³/mol. The lowest BCUT2D eigenvalue weighted by Gasteiger charge is -2.12. The molecule has 0 amide bonds. The smallest absolute Gasteiger partial charge is 0.138 e. The van der Waals surface area contributed by atoms with E-state index in [0.717, 1.165) is 10.2 Å². The van der Waals surface area contributed by atoms with Crippen LogP contribution >= 0.6 is 15.9 Å².